The van der Waals surface area contributed by atoms with Gasteiger partial charge in [0.15, 0.2) is 0 Å². The normalized spacial score (nSPS) is 13.2. The summed E-state index contributed by atoms with van der Waals surface area (Å²) in [4.78, 5) is 5.00. The molecule has 7 aromatic rings. The molecule has 0 atom stereocenters. The van der Waals surface area contributed by atoms with Crippen LogP contribution in [0.2, 0.25) is 0 Å². The van der Waals surface area contributed by atoms with Gasteiger partial charge in [-0.05, 0) is 89.8 Å². The van der Waals surface area contributed by atoms with Gasteiger partial charge >= 0.3 is 0 Å². The fraction of sp³-hybridized carbons (Fsp3) is 0.114. The Balaban J connectivity index is 1.27. The molecule has 0 spiro atoms. The minimum Gasteiger partial charge on any atom is -0.387 e. The van der Waals surface area contributed by atoms with E-state index in [0.717, 1.165) is 29.1 Å². The van der Waals surface area contributed by atoms with E-state index in [4.69, 9.17) is 4.98 Å². The summed E-state index contributed by atoms with van der Waals surface area (Å²) in [5.41, 5.74) is 10.7. The highest BCUT2D eigenvalue weighted by molar-refractivity contribution is 6.21. The summed E-state index contributed by atoms with van der Waals surface area (Å²) in [5.74, 6) is 0. The van der Waals surface area contributed by atoms with Crippen molar-refractivity contribution >= 4 is 37.9 Å². The summed E-state index contributed by atoms with van der Waals surface area (Å²) in [6.07, 6.45) is 6.30. The van der Waals surface area contributed by atoms with E-state index >= 15 is 0 Å². The molecule has 0 fully saturated rings. The van der Waals surface area contributed by atoms with Crippen LogP contribution in [-0.2, 0) is 5.41 Å². The molecule has 0 saturated carbocycles. The number of aromatic nitrogens is 1. The number of nitrogens with zero attached hydrogens (tertiary/aromatic N) is 1. The molecule has 46 heavy (non-hydrogen) atoms. The summed E-state index contributed by atoms with van der Waals surface area (Å²) in [5, 5.41) is 10.8. The molecule has 2 nitrogen and oxygen atoms in total. The average molecular weight is 593 g/mol. The van der Waals surface area contributed by atoms with Gasteiger partial charge in [0, 0.05) is 23.9 Å². The van der Waals surface area contributed by atoms with Crippen LogP contribution in [0.1, 0.15) is 32.0 Å². The van der Waals surface area contributed by atoms with Crippen molar-refractivity contribution in [2.45, 2.75) is 26.2 Å². The van der Waals surface area contributed by atoms with Crippen molar-refractivity contribution in [3.8, 4) is 33.5 Å². The number of fused-ring (bicyclic) bond motifs is 3. The molecular weight excluding hydrogens is 556 g/mol. The van der Waals surface area contributed by atoms with Gasteiger partial charge in [-0.15, -0.1) is 0 Å². The lowest BCUT2D eigenvalue weighted by molar-refractivity contribution is 0.590. The van der Waals surface area contributed by atoms with Crippen molar-refractivity contribution in [2.24, 2.45) is 0 Å². The van der Waals surface area contributed by atoms with Crippen LogP contribution in [0, 0.1) is 0 Å². The molecule has 0 radical (unpaired) electrons. The number of hydrogen-bond acceptors (Lipinski definition) is 2. The number of nitrogens with one attached hydrogen (secondary N) is 1. The Bertz CT molecular complexity index is 2290. The van der Waals surface area contributed by atoms with Gasteiger partial charge < -0.3 is 5.32 Å². The molecule has 1 aliphatic rings. The molecule has 1 N–H and O–H groups in total. The molecule has 0 amide bonds. The second-order valence-electron chi connectivity index (χ2n) is 13.3. The Hall–Kier alpha value is -5.47. The first kappa shape index (κ1) is 28.0. The quantitative estimate of drug-likeness (QED) is 0.206. The second-order valence-corrected chi connectivity index (χ2v) is 13.3. The first-order valence-corrected chi connectivity index (χ1v) is 16.1. The molecule has 0 bridgehead atoms. The zero-order chi connectivity index (χ0) is 31.3. The predicted molar refractivity (Wildman–Crippen MR) is 197 cm³/mol. The van der Waals surface area contributed by atoms with Crippen molar-refractivity contribution in [2.75, 3.05) is 6.54 Å². The van der Waals surface area contributed by atoms with Crippen LogP contribution in [0.3, 0.4) is 0 Å². The number of benzene rings is 6. The minimum absolute atomic E-state index is 0.0765. The molecule has 8 rings (SSSR count). The van der Waals surface area contributed by atoms with Crippen LogP contribution < -0.4 is 5.32 Å². The summed E-state index contributed by atoms with van der Waals surface area (Å²) < 4.78 is 0. The number of dihydropyridines is 1. The van der Waals surface area contributed by atoms with E-state index in [-0.39, 0.29) is 5.41 Å². The van der Waals surface area contributed by atoms with Gasteiger partial charge in [0.1, 0.15) is 0 Å². The molecule has 1 aliphatic heterocycles. The molecule has 0 aliphatic carbocycles. The number of hydrogen-bond donors (Lipinski definition) is 1. The average Bonchev–Trinajstić information content (AvgIpc) is 3.10. The summed E-state index contributed by atoms with van der Waals surface area (Å²) in [6, 6.07) is 46.8. The number of allylic oxidation sites excluding steroid dienone is 2. The Morgan fingerprint density at radius 3 is 1.72 bits per heavy atom. The van der Waals surface area contributed by atoms with E-state index in [1.807, 2.05) is 6.20 Å². The first-order chi connectivity index (χ1) is 22.4. The molecule has 222 valence electrons. The monoisotopic (exact) mass is 592 g/mol. The third-order valence-electron chi connectivity index (χ3n) is 9.21. The molecule has 2 heterocycles. The molecule has 0 unspecified atom stereocenters. The fourth-order valence-corrected chi connectivity index (χ4v) is 6.84. The van der Waals surface area contributed by atoms with E-state index in [1.165, 1.54) is 60.1 Å². The van der Waals surface area contributed by atoms with Gasteiger partial charge in [0.2, 0.25) is 0 Å². The van der Waals surface area contributed by atoms with Crippen LogP contribution in [0.15, 0.2) is 146 Å². The van der Waals surface area contributed by atoms with Gasteiger partial charge in [-0.2, -0.15) is 0 Å². The van der Waals surface area contributed by atoms with Crippen LogP contribution >= 0.6 is 0 Å². The van der Waals surface area contributed by atoms with E-state index in [0.29, 0.717) is 0 Å². The highest BCUT2D eigenvalue weighted by Crippen LogP contribution is 2.44. The first-order valence-electron chi connectivity index (χ1n) is 16.1. The smallest absolute Gasteiger partial charge is 0.0723 e. The van der Waals surface area contributed by atoms with Crippen molar-refractivity contribution in [3.05, 3.63) is 157 Å². The Labute approximate surface area is 270 Å². The predicted octanol–water partition coefficient (Wildman–Crippen LogP) is 11.3. The number of pyridine rings is 1. The van der Waals surface area contributed by atoms with E-state index in [9.17, 15) is 0 Å². The zero-order valence-corrected chi connectivity index (χ0v) is 26.5. The van der Waals surface area contributed by atoms with Crippen molar-refractivity contribution in [1.29, 1.82) is 0 Å². The summed E-state index contributed by atoms with van der Waals surface area (Å²) in [7, 11) is 0. The van der Waals surface area contributed by atoms with E-state index < -0.39 is 0 Å². The van der Waals surface area contributed by atoms with Gasteiger partial charge in [0.25, 0.3) is 0 Å². The minimum atomic E-state index is 0.0765. The molecule has 6 aromatic carbocycles. The number of rotatable bonds is 4. The van der Waals surface area contributed by atoms with Crippen LogP contribution in [0.4, 0.5) is 0 Å². The Morgan fingerprint density at radius 1 is 0.543 bits per heavy atom. The summed E-state index contributed by atoms with van der Waals surface area (Å²) >= 11 is 0. The largest absolute Gasteiger partial charge is 0.387 e. The van der Waals surface area contributed by atoms with Crippen LogP contribution in [-0.4, -0.2) is 11.5 Å². The molecule has 0 saturated heterocycles. The maximum Gasteiger partial charge on any atom is 0.0723 e. The highest BCUT2D eigenvalue weighted by atomic mass is 14.8. The lowest BCUT2D eigenvalue weighted by atomic mass is 9.82. The second kappa shape index (κ2) is 11.2. The maximum absolute atomic E-state index is 5.00. The van der Waals surface area contributed by atoms with E-state index in [2.05, 4.69) is 166 Å². The maximum atomic E-state index is 5.00. The van der Waals surface area contributed by atoms with Gasteiger partial charge in [-0.3, -0.25) is 0 Å². The van der Waals surface area contributed by atoms with Crippen molar-refractivity contribution in [3.63, 3.8) is 0 Å². The molecule has 1 aromatic heterocycles. The van der Waals surface area contributed by atoms with Crippen LogP contribution in [0.25, 0.3) is 71.4 Å². The third-order valence-corrected chi connectivity index (χ3v) is 9.21. The Morgan fingerprint density at radius 2 is 1.11 bits per heavy atom. The highest BCUT2D eigenvalue weighted by Gasteiger charge is 2.19. The summed E-state index contributed by atoms with van der Waals surface area (Å²) in [6.45, 7) is 7.71. The van der Waals surface area contributed by atoms with Crippen molar-refractivity contribution < 1.29 is 0 Å². The van der Waals surface area contributed by atoms with Crippen LogP contribution in [0.5, 0.6) is 0 Å². The topological polar surface area (TPSA) is 24.9 Å². The van der Waals surface area contributed by atoms with Gasteiger partial charge in [0.05, 0.1) is 11.4 Å². The molecular formula is C44H36N2. The lowest BCUT2D eigenvalue weighted by Gasteiger charge is -2.22. The fourth-order valence-electron chi connectivity index (χ4n) is 6.84. The molecule has 2 heteroatoms. The van der Waals surface area contributed by atoms with E-state index in [1.54, 1.807) is 0 Å². The van der Waals surface area contributed by atoms with Gasteiger partial charge in [-0.25, -0.2) is 4.98 Å². The standard InChI is InChI=1S/C44H36N2/c1-44(2,3)35-13-8-11-32(27-35)42-36-14-4-6-16-38(36)43(39-17-7-5-15-37(39)42)33-23-21-29-25-31(22-20-30(29)26-33)40-18-9-19-41(46-40)34-12-10-24-45-28-34/h4-23,25-28,45H,24H2,1-3H3. The van der Waals surface area contributed by atoms with Gasteiger partial charge in [-0.1, -0.05) is 136 Å². The third kappa shape index (κ3) is 4.97. The van der Waals surface area contributed by atoms with Crippen molar-refractivity contribution in [1.82, 2.24) is 10.3 Å². The lowest BCUT2D eigenvalue weighted by Crippen LogP contribution is -2.10. The Kier molecular flexibility index (Phi) is 6.80. The zero-order valence-electron chi connectivity index (χ0n) is 26.5. The SMILES string of the molecule is CC(C)(C)c1cccc(-c2c3ccccc3c(-c3ccc4cc(-c5cccc(C6=CNCC=C6)n5)ccc4c3)c3ccccc23)c1.